The fourth-order valence-electron chi connectivity index (χ4n) is 3.66. The molecule has 0 aromatic heterocycles. The molecule has 8 nitrogen and oxygen atoms in total. The van der Waals surface area contributed by atoms with Gasteiger partial charge in [-0.25, -0.2) is 4.39 Å². The third-order valence-electron chi connectivity index (χ3n) is 5.58. The van der Waals surface area contributed by atoms with Gasteiger partial charge in [0.05, 0.1) is 13.1 Å². The maximum absolute atomic E-state index is 13.7. The lowest BCUT2D eigenvalue weighted by Crippen LogP contribution is -2.51. The lowest BCUT2D eigenvalue weighted by atomic mass is 10.0. The molecule has 0 fully saturated rings. The van der Waals surface area contributed by atoms with Crippen LogP contribution in [0.3, 0.4) is 0 Å². The summed E-state index contributed by atoms with van der Waals surface area (Å²) in [5, 5.41) is 9.15. The molecule has 1 aliphatic heterocycles. The topological polar surface area (TPSA) is 99.8 Å². The fraction of sp³-hybridized carbons (Fsp3) is 0.400. The van der Waals surface area contributed by atoms with E-state index in [-0.39, 0.29) is 37.9 Å². The monoisotopic (exact) mass is 504 g/mol. The number of fused-ring (bicyclic) bond motifs is 1. The number of likely N-dealkylation sites (N-methyl/N-ethyl adjacent to an activating group) is 1. The zero-order valence-electron chi connectivity index (χ0n) is 19.6. The zero-order valence-corrected chi connectivity index (χ0v) is 20.4. The minimum atomic E-state index is -0.825. The predicted molar refractivity (Wildman–Crippen MR) is 131 cm³/mol. The Kier molecular flexibility index (Phi) is 9.86. The number of ether oxygens (including phenoxy) is 1. The number of hydrogen-bond acceptors (Lipinski definition) is 5. The molecule has 3 amide bonds. The van der Waals surface area contributed by atoms with E-state index in [1.165, 1.54) is 24.1 Å². The van der Waals surface area contributed by atoms with Gasteiger partial charge in [0.2, 0.25) is 17.7 Å². The Morgan fingerprint density at radius 3 is 2.66 bits per heavy atom. The lowest BCUT2D eigenvalue weighted by molar-refractivity contribution is -0.135. The SMILES string of the molecule is CN1CC(=O)N[C@H](Cc2ccc(Cl)cc2)C(=O)NCCCc2ccc(F)cc2OCCNCC1=O. The molecule has 2 aromatic carbocycles. The standard InChI is InChI=1S/C25H30ClFN4O4/c1-31-16-23(32)30-21(13-17-4-7-19(26)8-5-17)25(34)29-10-2-3-18-6-9-20(27)14-22(18)35-12-11-28-15-24(31)33/h4-9,14,21,28H,2-3,10-13,15-16H2,1H3,(H,29,34)(H,30,32)/t21-/m1/s1. The van der Waals surface area contributed by atoms with Gasteiger partial charge in [-0.05, 0) is 42.2 Å². The van der Waals surface area contributed by atoms with Gasteiger partial charge in [0.1, 0.15) is 24.2 Å². The number of hydrogen-bond donors (Lipinski definition) is 3. The molecule has 0 radical (unpaired) electrons. The Morgan fingerprint density at radius 1 is 1.11 bits per heavy atom. The van der Waals surface area contributed by atoms with E-state index >= 15 is 0 Å². The van der Waals surface area contributed by atoms with Crippen molar-refractivity contribution in [2.45, 2.75) is 25.3 Å². The zero-order chi connectivity index (χ0) is 25.2. The van der Waals surface area contributed by atoms with E-state index in [1.807, 2.05) is 0 Å². The number of rotatable bonds is 2. The predicted octanol–water partition coefficient (Wildman–Crippen LogP) is 1.70. The Hall–Kier alpha value is -3.17. The summed E-state index contributed by atoms with van der Waals surface area (Å²) in [4.78, 5) is 39.2. The van der Waals surface area contributed by atoms with Crippen molar-refractivity contribution in [1.82, 2.24) is 20.9 Å². The highest BCUT2D eigenvalue weighted by molar-refractivity contribution is 6.30. The van der Waals surface area contributed by atoms with Gasteiger partial charge in [0.25, 0.3) is 0 Å². The van der Waals surface area contributed by atoms with E-state index in [0.717, 1.165) is 11.1 Å². The molecule has 1 atom stereocenters. The van der Waals surface area contributed by atoms with Gasteiger partial charge >= 0.3 is 0 Å². The van der Waals surface area contributed by atoms with Crippen LogP contribution >= 0.6 is 11.6 Å². The van der Waals surface area contributed by atoms with Crippen LogP contribution in [0, 0.1) is 5.82 Å². The highest BCUT2D eigenvalue weighted by Crippen LogP contribution is 2.21. The molecule has 0 aliphatic carbocycles. The van der Waals surface area contributed by atoms with Gasteiger partial charge in [-0.1, -0.05) is 29.8 Å². The van der Waals surface area contributed by atoms with Gasteiger partial charge in [0, 0.05) is 37.6 Å². The Morgan fingerprint density at radius 2 is 1.89 bits per heavy atom. The van der Waals surface area contributed by atoms with Crippen molar-refractivity contribution in [2.24, 2.45) is 0 Å². The Bertz CT molecular complexity index is 1030. The van der Waals surface area contributed by atoms with Crippen LogP contribution in [-0.2, 0) is 27.2 Å². The smallest absolute Gasteiger partial charge is 0.242 e. The first-order valence-electron chi connectivity index (χ1n) is 11.5. The minimum Gasteiger partial charge on any atom is -0.492 e. The number of carbonyl (C=O) groups is 3. The molecule has 1 aliphatic rings. The van der Waals surface area contributed by atoms with Crippen molar-refractivity contribution in [3.63, 3.8) is 0 Å². The third kappa shape index (κ3) is 8.52. The highest BCUT2D eigenvalue weighted by Gasteiger charge is 2.23. The van der Waals surface area contributed by atoms with Gasteiger partial charge in [-0.3, -0.25) is 14.4 Å². The summed E-state index contributed by atoms with van der Waals surface area (Å²) >= 11 is 5.96. The normalized spacial score (nSPS) is 19.0. The summed E-state index contributed by atoms with van der Waals surface area (Å²) in [6.07, 6.45) is 1.44. The summed E-state index contributed by atoms with van der Waals surface area (Å²) < 4.78 is 19.5. The van der Waals surface area contributed by atoms with Crippen molar-refractivity contribution in [1.29, 1.82) is 0 Å². The van der Waals surface area contributed by atoms with Crippen LogP contribution < -0.4 is 20.7 Å². The number of halogens is 2. The first kappa shape index (κ1) is 26.4. The average molecular weight is 505 g/mol. The quantitative estimate of drug-likeness (QED) is 0.578. The summed E-state index contributed by atoms with van der Waals surface area (Å²) in [5.41, 5.74) is 1.65. The first-order valence-corrected chi connectivity index (χ1v) is 11.9. The van der Waals surface area contributed by atoms with Crippen LogP contribution in [0.5, 0.6) is 5.75 Å². The second-order valence-corrected chi connectivity index (χ2v) is 8.81. The molecule has 0 bridgehead atoms. The number of nitrogens with one attached hydrogen (secondary N) is 3. The molecule has 0 saturated heterocycles. The lowest BCUT2D eigenvalue weighted by Gasteiger charge is -2.22. The van der Waals surface area contributed by atoms with E-state index < -0.39 is 17.8 Å². The van der Waals surface area contributed by atoms with E-state index in [4.69, 9.17) is 16.3 Å². The van der Waals surface area contributed by atoms with Crippen molar-refractivity contribution >= 4 is 29.3 Å². The maximum Gasteiger partial charge on any atom is 0.242 e. The highest BCUT2D eigenvalue weighted by atomic mass is 35.5. The second-order valence-electron chi connectivity index (χ2n) is 8.37. The number of aryl methyl sites for hydroxylation is 1. The van der Waals surface area contributed by atoms with Gasteiger partial charge in [0.15, 0.2) is 0 Å². The molecule has 0 unspecified atom stereocenters. The number of carbonyl (C=O) groups excluding carboxylic acids is 3. The molecule has 188 valence electrons. The average Bonchev–Trinajstić information content (AvgIpc) is 2.82. The molecule has 0 spiro atoms. The Balaban J connectivity index is 1.74. The van der Waals surface area contributed by atoms with Crippen LogP contribution in [0.25, 0.3) is 0 Å². The van der Waals surface area contributed by atoms with E-state index in [9.17, 15) is 18.8 Å². The summed E-state index contributed by atoms with van der Waals surface area (Å²) in [6, 6.07) is 10.6. The molecular weight excluding hydrogens is 475 g/mol. The van der Waals surface area contributed by atoms with Crippen LogP contribution in [0.15, 0.2) is 42.5 Å². The summed E-state index contributed by atoms with van der Waals surface area (Å²) in [6.45, 7) is 0.812. The fourth-order valence-corrected chi connectivity index (χ4v) is 3.78. The van der Waals surface area contributed by atoms with Crippen molar-refractivity contribution in [3.8, 4) is 5.75 Å². The van der Waals surface area contributed by atoms with Crippen LogP contribution in [0.2, 0.25) is 5.02 Å². The molecule has 35 heavy (non-hydrogen) atoms. The van der Waals surface area contributed by atoms with E-state index in [0.29, 0.717) is 36.7 Å². The Labute approximate surface area is 209 Å². The maximum atomic E-state index is 13.7. The van der Waals surface area contributed by atoms with Crippen molar-refractivity contribution < 1.29 is 23.5 Å². The molecular formula is C25H30ClFN4O4. The molecule has 0 saturated carbocycles. The van der Waals surface area contributed by atoms with Crippen LogP contribution in [-0.4, -0.2) is 68.5 Å². The van der Waals surface area contributed by atoms with E-state index in [2.05, 4.69) is 16.0 Å². The molecule has 3 N–H and O–H groups in total. The van der Waals surface area contributed by atoms with Crippen molar-refractivity contribution in [3.05, 3.63) is 64.4 Å². The summed E-state index contributed by atoms with van der Waals surface area (Å²) in [5.74, 6) is -1.01. The van der Waals surface area contributed by atoms with Gasteiger partial charge < -0.3 is 25.6 Å². The van der Waals surface area contributed by atoms with Crippen LogP contribution in [0.1, 0.15) is 17.5 Å². The number of benzene rings is 2. The molecule has 3 rings (SSSR count). The largest absolute Gasteiger partial charge is 0.492 e. The number of nitrogens with zero attached hydrogens (tertiary/aromatic N) is 1. The number of amides is 3. The second kappa shape index (κ2) is 13.1. The van der Waals surface area contributed by atoms with E-state index in [1.54, 1.807) is 30.3 Å². The minimum absolute atomic E-state index is 0.0117. The van der Waals surface area contributed by atoms with Crippen molar-refractivity contribution in [2.75, 3.05) is 39.8 Å². The first-order chi connectivity index (χ1) is 16.8. The third-order valence-corrected chi connectivity index (χ3v) is 5.83. The van der Waals surface area contributed by atoms with Gasteiger partial charge in [-0.15, -0.1) is 0 Å². The van der Waals surface area contributed by atoms with Crippen LogP contribution in [0.4, 0.5) is 4.39 Å². The molecule has 2 aromatic rings. The molecule has 1 heterocycles. The molecule has 10 heteroatoms. The summed E-state index contributed by atoms with van der Waals surface area (Å²) in [7, 11) is 1.52. The van der Waals surface area contributed by atoms with Gasteiger partial charge in [-0.2, -0.15) is 0 Å².